The molecule has 1 N–H and O–H groups in total. The second kappa shape index (κ2) is 6.08. The van der Waals surface area contributed by atoms with E-state index in [9.17, 15) is 0 Å². The molecule has 1 fully saturated rings. The smallest absolute Gasteiger partial charge is 0.157 e. The van der Waals surface area contributed by atoms with Crippen molar-refractivity contribution in [3.8, 4) is 5.75 Å². The zero-order valence-corrected chi connectivity index (χ0v) is 10.9. The Hall–Kier alpha value is -1.52. The van der Waals surface area contributed by atoms with Gasteiger partial charge in [-0.1, -0.05) is 12.1 Å². The van der Waals surface area contributed by atoms with Gasteiger partial charge < -0.3 is 19.2 Å². The molecule has 0 amide bonds. The molecular formula is C15H18NO3. The molecule has 1 radical (unpaired) electrons. The van der Waals surface area contributed by atoms with Crippen molar-refractivity contribution in [1.82, 2.24) is 4.98 Å². The van der Waals surface area contributed by atoms with Gasteiger partial charge in [-0.2, -0.15) is 0 Å². The van der Waals surface area contributed by atoms with Crippen LogP contribution in [-0.2, 0) is 9.47 Å². The molecule has 2 aromatic rings. The maximum absolute atomic E-state index is 5.74. The molecule has 1 aliphatic rings. The highest BCUT2D eigenvalue weighted by Gasteiger charge is 2.13. The third-order valence-corrected chi connectivity index (χ3v) is 3.25. The number of aromatic nitrogens is 1. The van der Waals surface area contributed by atoms with Crippen molar-refractivity contribution >= 4 is 10.9 Å². The zero-order chi connectivity index (χ0) is 12.9. The Morgan fingerprint density at radius 3 is 3.21 bits per heavy atom. The van der Waals surface area contributed by atoms with Crippen molar-refractivity contribution in [2.45, 2.75) is 25.6 Å². The number of aromatic amines is 1. The molecule has 1 aliphatic heterocycles. The standard InChI is InChI=1S/C15H18NO3/c1-2-9-18-14(6-1)19-11-10-17-13-5-3-4-12-7-8-16-15(12)13/h3-5,8,14,16H,1-2,6,9-11H2. The Labute approximate surface area is 112 Å². The Morgan fingerprint density at radius 2 is 2.32 bits per heavy atom. The van der Waals surface area contributed by atoms with E-state index in [2.05, 4.69) is 11.1 Å². The van der Waals surface area contributed by atoms with Crippen molar-refractivity contribution in [2.75, 3.05) is 19.8 Å². The highest BCUT2D eigenvalue weighted by molar-refractivity contribution is 5.84. The van der Waals surface area contributed by atoms with Crippen LogP contribution in [0.5, 0.6) is 5.75 Å². The van der Waals surface area contributed by atoms with E-state index in [0.717, 1.165) is 36.1 Å². The first kappa shape index (κ1) is 12.5. The van der Waals surface area contributed by atoms with Gasteiger partial charge in [0.25, 0.3) is 0 Å². The molecule has 0 bridgehead atoms. The molecule has 0 spiro atoms. The number of hydrogen-bond donors (Lipinski definition) is 1. The predicted octanol–water partition coefficient (Wildman–Crippen LogP) is 2.89. The van der Waals surface area contributed by atoms with Gasteiger partial charge in [-0.25, -0.2) is 0 Å². The fraction of sp³-hybridized carbons (Fsp3) is 0.467. The van der Waals surface area contributed by atoms with Crippen LogP contribution in [0.25, 0.3) is 10.9 Å². The van der Waals surface area contributed by atoms with E-state index in [1.165, 1.54) is 6.42 Å². The molecular weight excluding hydrogens is 242 g/mol. The van der Waals surface area contributed by atoms with Gasteiger partial charge in [-0.15, -0.1) is 0 Å². The summed E-state index contributed by atoms with van der Waals surface area (Å²) in [6.07, 6.45) is 5.06. The summed E-state index contributed by atoms with van der Waals surface area (Å²) in [5.41, 5.74) is 0.983. The van der Waals surface area contributed by atoms with Gasteiger partial charge in [0.1, 0.15) is 12.4 Å². The Balaban J connectivity index is 1.48. The van der Waals surface area contributed by atoms with E-state index in [1.807, 2.05) is 18.2 Å². The van der Waals surface area contributed by atoms with Gasteiger partial charge in [0.15, 0.2) is 6.29 Å². The number of rotatable bonds is 5. The summed E-state index contributed by atoms with van der Waals surface area (Å²) < 4.78 is 16.9. The summed E-state index contributed by atoms with van der Waals surface area (Å²) in [5, 5.41) is 1.04. The zero-order valence-electron chi connectivity index (χ0n) is 10.9. The second-order valence-electron chi connectivity index (χ2n) is 4.63. The summed E-state index contributed by atoms with van der Waals surface area (Å²) in [7, 11) is 0. The van der Waals surface area contributed by atoms with E-state index < -0.39 is 0 Å². The first-order valence-electron chi connectivity index (χ1n) is 6.77. The molecule has 1 atom stereocenters. The maximum Gasteiger partial charge on any atom is 0.157 e. The van der Waals surface area contributed by atoms with Gasteiger partial charge in [-0.05, 0) is 25.3 Å². The molecule has 101 valence electrons. The fourth-order valence-corrected chi connectivity index (χ4v) is 2.28. The lowest BCUT2D eigenvalue weighted by molar-refractivity contribution is -0.165. The number of fused-ring (bicyclic) bond motifs is 1. The molecule has 0 aliphatic carbocycles. The Bertz CT molecular complexity index is 517. The van der Waals surface area contributed by atoms with Crippen molar-refractivity contribution in [3.05, 3.63) is 30.5 Å². The lowest BCUT2D eigenvalue weighted by atomic mass is 10.2. The van der Waals surface area contributed by atoms with Gasteiger partial charge in [-0.3, -0.25) is 0 Å². The highest BCUT2D eigenvalue weighted by Crippen LogP contribution is 2.23. The molecule has 4 heteroatoms. The van der Waals surface area contributed by atoms with Crippen LogP contribution in [0.2, 0.25) is 0 Å². The molecule has 1 aromatic carbocycles. The van der Waals surface area contributed by atoms with Gasteiger partial charge in [0.05, 0.1) is 12.1 Å². The molecule has 1 saturated heterocycles. The van der Waals surface area contributed by atoms with Crippen molar-refractivity contribution in [2.24, 2.45) is 0 Å². The van der Waals surface area contributed by atoms with Crippen molar-refractivity contribution in [3.63, 3.8) is 0 Å². The number of para-hydroxylation sites is 1. The third kappa shape index (κ3) is 3.08. The Kier molecular flexibility index (Phi) is 4.01. The number of nitrogens with one attached hydrogen (secondary N) is 1. The van der Waals surface area contributed by atoms with Gasteiger partial charge >= 0.3 is 0 Å². The molecule has 19 heavy (non-hydrogen) atoms. The highest BCUT2D eigenvalue weighted by atomic mass is 16.7. The van der Waals surface area contributed by atoms with E-state index >= 15 is 0 Å². The molecule has 1 aromatic heterocycles. The van der Waals surface area contributed by atoms with E-state index in [0.29, 0.717) is 13.2 Å². The summed E-state index contributed by atoms with van der Waals surface area (Å²) >= 11 is 0. The monoisotopic (exact) mass is 260 g/mol. The van der Waals surface area contributed by atoms with Crippen LogP contribution in [0, 0.1) is 6.07 Å². The van der Waals surface area contributed by atoms with Crippen LogP contribution in [0.15, 0.2) is 24.4 Å². The molecule has 4 nitrogen and oxygen atoms in total. The summed E-state index contributed by atoms with van der Waals surface area (Å²) in [6.45, 7) is 1.88. The number of benzene rings is 1. The third-order valence-electron chi connectivity index (χ3n) is 3.25. The van der Waals surface area contributed by atoms with E-state index in [1.54, 1.807) is 6.20 Å². The number of hydrogen-bond acceptors (Lipinski definition) is 3. The second-order valence-corrected chi connectivity index (χ2v) is 4.63. The van der Waals surface area contributed by atoms with Crippen LogP contribution in [-0.4, -0.2) is 31.1 Å². The van der Waals surface area contributed by atoms with Crippen molar-refractivity contribution in [1.29, 1.82) is 0 Å². The lowest BCUT2D eigenvalue weighted by Crippen LogP contribution is -2.24. The molecule has 2 heterocycles. The number of ether oxygens (including phenoxy) is 3. The SMILES string of the molecule is [c]1c[nH]c2c(OCCOC3CCCCO3)cccc12. The minimum Gasteiger partial charge on any atom is -0.489 e. The maximum atomic E-state index is 5.74. The first-order valence-corrected chi connectivity index (χ1v) is 6.77. The van der Waals surface area contributed by atoms with Gasteiger partial charge in [0.2, 0.25) is 0 Å². The first-order chi connectivity index (χ1) is 9.43. The van der Waals surface area contributed by atoms with Crippen LogP contribution >= 0.6 is 0 Å². The van der Waals surface area contributed by atoms with E-state index in [4.69, 9.17) is 14.2 Å². The minimum absolute atomic E-state index is 0.0491. The van der Waals surface area contributed by atoms with Crippen LogP contribution in [0.1, 0.15) is 19.3 Å². The summed E-state index contributed by atoms with van der Waals surface area (Å²) in [6, 6.07) is 9.03. The number of H-pyrrole nitrogens is 1. The fourth-order valence-electron chi connectivity index (χ4n) is 2.28. The summed E-state index contributed by atoms with van der Waals surface area (Å²) in [4.78, 5) is 3.13. The summed E-state index contributed by atoms with van der Waals surface area (Å²) in [5.74, 6) is 0.840. The lowest BCUT2D eigenvalue weighted by Gasteiger charge is -2.22. The largest absolute Gasteiger partial charge is 0.489 e. The van der Waals surface area contributed by atoms with Gasteiger partial charge in [0, 0.05) is 24.3 Å². The van der Waals surface area contributed by atoms with Crippen LogP contribution in [0.4, 0.5) is 0 Å². The molecule has 1 unspecified atom stereocenters. The minimum atomic E-state index is -0.0491. The predicted molar refractivity (Wildman–Crippen MR) is 72.2 cm³/mol. The average Bonchev–Trinajstić information content (AvgIpc) is 2.94. The molecule has 0 saturated carbocycles. The quantitative estimate of drug-likeness (QED) is 0.841. The normalized spacial score (nSPS) is 19.7. The van der Waals surface area contributed by atoms with E-state index in [-0.39, 0.29) is 6.29 Å². The van der Waals surface area contributed by atoms with Crippen LogP contribution < -0.4 is 4.74 Å². The molecule has 3 rings (SSSR count). The Morgan fingerprint density at radius 1 is 1.32 bits per heavy atom. The van der Waals surface area contributed by atoms with Crippen LogP contribution in [0.3, 0.4) is 0 Å². The average molecular weight is 260 g/mol. The van der Waals surface area contributed by atoms with Crippen molar-refractivity contribution < 1.29 is 14.2 Å². The topological polar surface area (TPSA) is 43.5 Å².